The van der Waals surface area contributed by atoms with Crippen molar-refractivity contribution >= 4 is 63.9 Å². The van der Waals surface area contributed by atoms with Crippen molar-refractivity contribution in [2.75, 3.05) is 20.1 Å². The predicted octanol–water partition coefficient (Wildman–Crippen LogP) is 3.32. The summed E-state index contributed by atoms with van der Waals surface area (Å²) in [6.45, 7) is 1.72. The maximum absolute atomic E-state index is 4.31. The van der Waals surface area contributed by atoms with E-state index in [-0.39, 0.29) is 24.0 Å². The van der Waals surface area contributed by atoms with Crippen LogP contribution in [0.15, 0.2) is 41.5 Å². The van der Waals surface area contributed by atoms with Crippen LogP contribution in [0.3, 0.4) is 0 Å². The smallest absolute Gasteiger partial charge is 0.191 e. The average molecular weight is 542 g/mol. The number of rotatable bonds is 6. The molecule has 0 unspecified atom stereocenters. The molecule has 2 aromatic rings. The van der Waals surface area contributed by atoms with Gasteiger partial charge in [0, 0.05) is 43.3 Å². The van der Waals surface area contributed by atoms with E-state index in [1.165, 1.54) is 7.76 Å². The topological polar surface area (TPSA) is 49.3 Å². The summed E-state index contributed by atoms with van der Waals surface area (Å²) in [5, 5.41) is 6.65. The van der Waals surface area contributed by atoms with Gasteiger partial charge in [0.2, 0.25) is 0 Å². The number of nitrogens with one attached hydrogen (secondary N) is 2. The van der Waals surface area contributed by atoms with Crippen molar-refractivity contribution in [3.63, 3.8) is 0 Å². The summed E-state index contributed by atoms with van der Waals surface area (Å²) in [7, 11) is 1.80. The fraction of sp³-hybridized carbons (Fsp3) is 0.333. The van der Waals surface area contributed by atoms with E-state index in [1.54, 1.807) is 7.05 Å². The number of thiophene rings is 1. The first-order valence-corrected chi connectivity index (χ1v) is 8.76. The third-order valence-electron chi connectivity index (χ3n) is 2.92. The molecule has 7 heteroatoms. The Hall–Kier alpha value is -0.420. The van der Waals surface area contributed by atoms with Crippen molar-refractivity contribution in [1.82, 2.24) is 15.6 Å². The van der Waals surface area contributed by atoms with Gasteiger partial charge in [-0.2, -0.15) is 0 Å². The number of halogens is 2. The van der Waals surface area contributed by atoms with Crippen LogP contribution >= 0.6 is 57.9 Å². The summed E-state index contributed by atoms with van der Waals surface area (Å²) >= 11 is 4.19. The zero-order valence-corrected chi connectivity index (χ0v) is 17.7. The Kier molecular flexibility index (Phi) is 9.96. The number of pyridine rings is 1. The Morgan fingerprint density at radius 1 is 1.18 bits per heavy atom. The Morgan fingerprint density at radius 3 is 2.55 bits per heavy atom. The van der Waals surface area contributed by atoms with Crippen molar-refractivity contribution in [1.29, 1.82) is 0 Å². The molecule has 2 N–H and O–H groups in total. The molecule has 0 aliphatic rings. The number of guanidine groups is 1. The van der Waals surface area contributed by atoms with E-state index in [9.17, 15) is 0 Å². The molecule has 0 aromatic carbocycles. The molecule has 0 aliphatic carbocycles. The van der Waals surface area contributed by atoms with Gasteiger partial charge in [0.1, 0.15) is 0 Å². The zero-order valence-electron chi connectivity index (χ0n) is 12.4. The summed E-state index contributed by atoms with van der Waals surface area (Å²) in [4.78, 5) is 9.94. The monoisotopic (exact) mass is 542 g/mol. The number of aromatic nitrogens is 1. The Bertz CT molecular complexity index is 572. The van der Waals surface area contributed by atoms with Crippen molar-refractivity contribution in [3.8, 4) is 0 Å². The lowest BCUT2D eigenvalue weighted by molar-refractivity contribution is 0.779. The van der Waals surface area contributed by atoms with E-state index < -0.39 is 0 Å². The number of hydrogen-bond acceptors (Lipinski definition) is 3. The second kappa shape index (κ2) is 11.2. The van der Waals surface area contributed by atoms with Crippen LogP contribution in [0.1, 0.15) is 10.6 Å². The molecule has 2 heterocycles. The normalized spacial score (nSPS) is 10.9. The molecule has 0 saturated heterocycles. The third-order valence-corrected chi connectivity index (χ3v) is 4.87. The molecule has 0 saturated carbocycles. The molecule has 4 nitrogen and oxygen atoms in total. The SMILES string of the molecule is CN=C(NCCc1ccccn1)NCCc1ccc(I)s1.I. The van der Waals surface area contributed by atoms with Crippen LogP contribution in [0.2, 0.25) is 0 Å². The number of aliphatic imine (C=N–C) groups is 1. The van der Waals surface area contributed by atoms with Gasteiger partial charge >= 0.3 is 0 Å². The van der Waals surface area contributed by atoms with E-state index >= 15 is 0 Å². The van der Waals surface area contributed by atoms with Crippen LogP contribution in [0.4, 0.5) is 0 Å². The Balaban J connectivity index is 0.00000242. The van der Waals surface area contributed by atoms with Crippen LogP contribution in [0.5, 0.6) is 0 Å². The summed E-state index contributed by atoms with van der Waals surface area (Å²) in [5.74, 6) is 0.845. The highest BCUT2D eigenvalue weighted by Crippen LogP contribution is 2.18. The molecule has 0 atom stereocenters. The third kappa shape index (κ3) is 7.23. The van der Waals surface area contributed by atoms with Crippen LogP contribution in [0, 0.1) is 2.88 Å². The average Bonchev–Trinajstić information content (AvgIpc) is 2.92. The van der Waals surface area contributed by atoms with E-state index in [2.05, 4.69) is 55.3 Å². The molecule has 0 bridgehead atoms. The van der Waals surface area contributed by atoms with Crippen LogP contribution in [0.25, 0.3) is 0 Å². The Morgan fingerprint density at radius 2 is 1.95 bits per heavy atom. The minimum absolute atomic E-state index is 0. The molecule has 2 aromatic heterocycles. The van der Waals surface area contributed by atoms with Crippen LogP contribution in [-0.2, 0) is 12.8 Å². The summed E-state index contributed by atoms with van der Waals surface area (Å²) in [5.41, 5.74) is 1.09. The maximum Gasteiger partial charge on any atom is 0.191 e. The van der Waals surface area contributed by atoms with Gasteiger partial charge in [0.15, 0.2) is 5.96 Å². The molecule has 22 heavy (non-hydrogen) atoms. The molecule has 0 spiro atoms. The molecule has 0 radical (unpaired) electrons. The summed E-state index contributed by atoms with van der Waals surface area (Å²) in [6.07, 6.45) is 3.74. The molecule has 0 aliphatic heterocycles. The maximum atomic E-state index is 4.31. The first kappa shape index (κ1) is 19.6. The van der Waals surface area contributed by atoms with Crippen molar-refractivity contribution in [2.45, 2.75) is 12.8 Å². The van der Waals surface area contributed by atoms with Gasteiger partial charge in [0.25, 0.3) is 0 Å². The minimum atomic E-state index is 0. The fourth-order valence-electron chi connectivity index (χ4n) is 1.87. The molecule has 0 amide bonds. The van der Waals surface area contributed by atoms with Gasteiger partial charge in [-0.25, -0.2) is 0 Å². The zero-order chi connectivity index (χ0) is 14.9. The van der Waals surface area contributed by atoms with Gasteiger partial charge in [-0.15, -0.1) is 35.3 Å². The van der Waals surface area contributed by atoms with Crippen molar-refractivity contribution < 1.29 is 0 Å². The lowest BCUT2D eigenvalue weighted by Gasteiger charge is -2.11. The second-order valence-corrected chi connectivity index (χ2v) is 7.52. The molecule has 120 valence electrons. The van der Waals surface area contributed by atoms with Crippen LogP contribution < -0.4 is 10.6 Å². The first-order valence-electron chi connectivity index (χ1n) is 6.86. The van der Waals surface area contributed by atoms with E-state index in [1.807, 2.05) is 35.7 Å². The van der Waals surface area contributed by atoms with E-state index in [4.69, 9.17) is 0 Å². The van der Waals surface area contributed by atoms with Crippen molar-refractivity contribution in [2.24, 2.45) is 4.99 Å². The summed E-state index contributed by atoms with van der Waals surface area (Å²) in [6, 6.07) is 10.3. The fourth-order valence-corrected chi connectivity index (χ4v) is 3.62. The lowest BCUT2D eigenvalue weighted by atomic mass is 10.3. The Labute approximate surface area is 166 Å². The minimum Gasteiger partial charge on any atom is -0.356 e. The number of hydrogen-bond donors (Lipinski definition) is 2. The molecule has 0 fully saturated rings. The van der Waals surface area contributed by atoms with Crippen molar-refractivity contribution in [3.05, 3.63) is 50.0 Å². The van der Waals surface area contributed by atoms with Gasteiger partial charge < -0.3 is 10.6 Å². The van der Waals surface area contributed by atoms with Gasteiger partial charge in [0.05, 0.1) is 2.88 Å². The summed E-state index contributed by atoms with van der Waals surface area (Å²) < 4.78 is 1.33. The van der Waals surface area contributed by atoms with Crippen LogP contribution in [-0.4, -0.2) is 31.1 Å². The highest BCUT2D eigenvalue weighted by Gasteiger charge is 2.00. The van der Waals surface area contributed by atoms with E-state index in [0.717, 1.165) is 37.6 Å². The lowest BCUT2D eigenvalue weighted by Crippen LogP contribution is -2.39. The quantitative estimate of drug-likeness (QED) is 0.335. The number of nitrogens with zero attached hydrogens (tertiary/aromatic N) is 2. The molecule has 2 rings (SSSR count). The predicted molar refractivity (Wildman–Crippen MR) is 113 cm³/mol. The van der Waals surface area contributed by atoms with E-state index in [0.29, 0.717) is 0 Å². The highest BCUT2D eigenvalue weighted by atomic mass is 127. The first-order chi connectivity index (χ1) is 10.3. The standard InChI is InChI=1S/C15H19IN4S.HI/c1-17-15(19-10-7-12-4-2-3-9-18-12)20-11-8-13-5-6-14(16)21-13;/h2-6,9H,7-8,10-11H2,1H3,(H2,17,19,20);1H. The molecular weight excluding hydrogens is 522 g/mol. The van der Waals surface area contributed by atoms with Gasteiger partial charge in [-0.3, -0.25) is 9.98 Å². The molecular formula is C15H20I2N4S. The van der Waals surface area contributed by atoms with Gasteiger partial charge in [-0.1, -0.05) is 6.07 Å². The van der Waals surface area contributed by atoms with Gasteiger partial charge in [-0.05, 0) is 53.3 Å². The second-order valence-electron chi connectivity index (χ2n) is 4.45. The largest absolute Gasteiger partial charge is 0.356 e. The highest BCUT2D eigenvalue weighted by molar-refractivity contribution is 14.1.